The van der Waals surface area contributed by atoms with Crippen LogP contribution in [0, 0.1) is 11.8 Å². The number of unbranched alkanes of at least 4 members (excludes halogenated alkanes) is 5. The van der Waals surface area contributed by atoms with Gasteiger partial charge in [-0.3, -0.25) is 24.0 Å². The van der Waals surface area contributed by atoms with Crippen molar-refractivity contribution in [1.29, 1.82) is 0 Å². The minimum absolute atomic E-state index is 0.00898. The van der Waals surface area contributed by atoms with E-state index in [1.807, 2.05) is 13.8 Å². The molecule has 0 bridgehead atoms. The molecule has 1 aromatic carbocycles. The molecule has 0 heterocycles. The number of nitrogens with one attached hydrogen (secondary N) is 1. The summed E-state index contributed by atoms with van der Waals surface area (Å²) in [6.07, 6.45) is 6.51. The summed E-state index contributed by atoms with van der Waals surface area (Å²) < 4.78 is 27.0. The van der Waals surface area contributed by atoms with Crippen molar-refractivity contribution in [3.8, 4) is 5.75 Å². The minimum atomic E-state index is -1.09. The van der Waals surface area contributed by atoms with E-state index in [0.717, 1.165) is 32.1 Å². The average Bonchev–Trinajstić information content (AvgIpc) is 3.11. The Balaban J connectivity index is 1.97. The zero-order valence-electron chi connectivity index (χ0n) is 30.9. The fourth-order valence-electron chi connectivity index (χ4n) is 4.77. The molecule has 0 saturated heterocycles. The number of aromatic carboxylic acids is 1. The van der Waals surface area contributed by atoms with E-state index in [1.165, 1.54) is 12.1 Å². The van der Waals surface area contributed by atoms with E-state index in [4.69, 9.17) is 28.8 Å². The summed E-state index contributed by atoms with van der Waals surface area (Å²) in [5, 5.41) is 21.1. The number of carbonyl (C=O) groups excluding carboxylic acids is 4. The Bertz CT molecular complexity index is 1190. The van der Waals surface area contributed by atoms with Gasteiger partial charge in [-0.1, -0.05) is 39.5 Å². The number of carboxylic acid groups (broad SMARTS) is 2. The van der Waals surface area contributed by atoms with Crippen LogP contribution < -0.4 is 10.1 Å². The van der Waals surface area contributed by atoms with Crippen molar-refractivity contribution in [2.45, 2.75) is 90.9 Å². The standard InChI is InChI=1S/C38H59NO13/c1-29(2)35(42)28-51-25-22-48-19-9-11-33(41)27-50-24-23-49-21-18-39-36(43)17-14-31(38(46)47)26-32(40)10-7-5-3-4-6-8-20-52-34-15-12-30(13-16-34)37(44)45/h12-13,15-16,29,31H,3-11,14,17-28H2,1-2H3,(H,39,43)(H,44,45)(H,46,47)/t31-/m1/s1. The van der Waals surface area contributed by atoms with Crippen LogP contribution in [0.2, 0.25) is 0 Å². The third-order valence-electron chi connectivity index (χ3n) is 7.97. The molecule has 0 spiro atoms. The molecule has 14 nitrogen and oxygen atoms in total. The Morgan fingerprint density at radius 1 is 0.635 bits per heavy atom. The molecule has 3 N–H and O–H groups in total. The third kappa shape index (κ3) is 25.3. The molecule has 0 aliphatic rings. The van der Waals surface area contributed by atoms with Gasteiger partial charge in [-0.05, 0) is 49.9 Å². The lowest BCUT2D eigenvalue weighted by Crippen LogP contribution is -2.29. The van der Waals surface area contributed by atoms with E-state index >= 15 is 0 Å². The molecular formula is C38H59NO13. The number of carboxylic acids is 2. The predicted molar refractivity (Wildman–Crippen MR) is 192 cm³/mol. The van der Waals surface area contributed by atoms with E-state index in [0.29, 0.717) is 57.9 Å². The molecule has 0 radical (unpaired) electrons. The highest BCUT2D eigenvalue weighted by atomic mass is 16.5. The average molecular weight is 738 g/mol. The highest BCUT2D eigenvalue weighted by Crippen LogP contribution is 2.17. The lowest BCUT2D eigenvalue weighted by atomic mass is 9.94. The number of amides is 1. The number of aliphatic carboxylic acids is 1. The molecule has 0 fully saturated rings. The maximum atomic E-state index is 12.4. The first-order chi connectivity index (χ1) is 25.0. The first-order valence-corrected chi connectivity index (χ1v) is 18.3. The Hall–Kier alpha value is -3.72. The van der Waals surface area contributed by atoms with Gasteiger partial charge >= 0.3 is 11.9 Å². The Kier molecular flexibility index (Phi) is 26.5. The summed E-state index contributed by atoms with van der Waals surface area (Å²) in [5.41, 5.74) is 0.213. The van der Waals surface area contributed by atoms with Crippen molar-refractivity contribution < 1.29 is 62.7 Å². The van der Waals surface area contributed by atoms with Crippen molar-refractivity contribution in [3.05, 3.63) is 29.8 Å². The first kappa shape index (κ1) is 46.3. The predicted octanol–water partition coefficient (Wildman–Crippen LogP) is 4.69. The number of Topliss-reactive ketones (excluding diaryl/α,β-unsaturated/α-hetero) is 3. The molecule has 14 heteroatoms. The maximum Gasteiger partial charge on any atom is 0.335 e. The van der Waals surface area contributed by atoms with Gasteiger partial charge in [-0.2, -0.15) is 0 Å². The number of ketones is 3. The van der Waals surface area contributed by atoms with Crippen molar-refractivity contribution >= 4 is 35.2 Å². The molecule has 52 heavy (non-hydrogen) atoms. The van der Waals surface area contributed by atoms with Gasteiger partial charge in [0.2, 0.25) is 5.91 Å². The quantitative estimate of drug-likeness (QED) is 0.0811. The number of ether oxygens (including phenoxy) is 5. The van der Waals surface area contributed by atoms with E-state index < -0.39 is 17.9 Å². The molecule has 0 aliphatic carbocycles. The van der Waals surface area contributed by atoms with E-state index in [-0.39, 0.29) is 93.6 Å². The summed E-state index contributed by atoms with van der Waals surface area (Å²) in [6, 6.07) is 6.28. The van der Waals surface area contributed by atoms with Crippen LogP contribution in [0.4, 0.5) is 0 Å². The highest BCUT2D eigenvalue weighted by Gasteiger charge is 2.22. The third-order valence-corrected chi connectivity index (χ3v) is 7.97. The van der Waals surface area contributed by atoms with E-state index in [1.54, 1.807) is 12.1 Å². The lowest BCUT2D eigenvalue weighted by molar-refractivity contribution is -0.144. The van der Waals surface area contributed by atoms with Crippen LogP contribution in [0.25, 0.3) is 0 Å². The van der Waals surface area contributed by atoms with Gasteiger partial charge in [0.05, 0.1) is 51.1 Å². The Morgan fingerprint density at radius 2 is 1.23 bits per heavy atom. The smallest absolute Gasteiger partial charge is 0.335 e. The molecule has 294 valence electrons. The molecule has 1 rings (SSSR count). The molecule has 1 atom stereocenters. The topological polar surface area (TPSA) is 201 Å². The Labute approximate surface area is 307 Å². The monoisotopic (exact) mass is 737 g/mol. The van der Waals surface area contributed by atoms with Gasteiger partial charge in [0.15, 0.2) is 11.6 Å². The zero-order valence-corrected chi connectivity index (χ0v) is 30.9. The highest BCUT2D eigenvalue weighted by molar-refractivity contribution is 5.87. The van der Waals surface area contributed by atoms with Gasteiger partial charge in [-0.15, -0.1) is 0 Å². The van der Waals surface area contributed by atoms with Gasteiger partial charge in [0.1, 0.15) is 24.7 Å². The van der Waals surface area contributed by atoms with Crippen LogP contribution in [0.15, 0.2) is 24.3 Å². The second-order valence-corrected chi connectivity index (χ2v) is 12.8. The van der Waals surface area contributed by atoms with Crippen LogP contribution in [0.1, 0.15) is 101 Å². The van der Waals surface area contributed by atoms with Crippen LogP contribution in [-0.2, 0) is 42.9 Å². The fourth-order valence-corrected chi connectivity index (χ4v) is 4.77. The van der Waals surface area contributed by atoms with Crippen LogP contribution >= 0.6 is 0 Å². The number of benzene rings is 1. The molecule has 0 aromatic heterocycles. The number of hydrogen-bond acceptors (Lipinski definition) is 11. The molecule has 0 unspecified atom stereocenters. The van der Waals surface area contributed by atoms with E-state index in [2.05, 4.69) is 5.32 Å². The maximum absolute atomic E-state index is 12.4. The normalized spacial score (nSPS) is 11.7. The fraction of sp³-hybridized carbons (Fsp3) is 0.684. The molecule has 0 saturated carbocycles. The van der Waals surface area contributed by atoms with Gasteiger partial charge < -0.3 is 39.2 Å². The van der Waals surface area contributed by atoms with Crippen molar-refractivity contribution in [1.82, 2.24) is 5.32 Å². The van der Waals surface area contributed by atoms with Crippen molar-refractivity contribution in [2.24, 2.45) is 11.8 Å². The van der Waals surface area contributed by atoms with Crippen LogP contribution in [0.3, 0.4) is 0 Å². The first-order valence-electron chi connectivity index (χ1n) is 18.3. The minimum Gasteiger partial charge on any atom is -0.494 e. The van der Waals surface area contributed by atoms with Crippen molar-refractivity contribution in [2.75, 3.05) is 66.0 Å². The molecule has 1 aromatic rings. The lowest BCUT2D eigenvalue weighted by Gasteiger charge is -2.12. The molecule has 1 amide bonds. The van der Waals surface area contributed by atoms with Crippen LogP contribution in [-0.4, -0.2) is 111 Å². The largest absolute Gasteiger partial charge is 0.494 e. The summed E-state index contributed by atoms with van der Waals surface area (Å²) in [4.78, 5) is 70.4. The Morgan fingerprint density at radius 3 is 1.88 bits per heavy atom. The SMILES string of the molecule is CC(C)C(=O)COCCOCCCC(=O)COCCOCCNC(=O)CC[C@H](CC(=O)CCCCCCCCOc1ccc(C(=O)O)cc1)C(=O)O. The summed E-state index contributed by atoms with van der Waals surface area (Å²) >= 11 is 0. The number of hydrogen-bond donors (Lipinski definition) is 3. The van der Waals surface area contributed by atoms with E-state index in [9.17, 15) is 33.9 Å². The number of carbonyl (C=O) groups is 6. The molecular weight excluding hydrogens is 678 g/mol. The second-order valence-electron chi connectivity index (χ2n) is 12.8. The second kappa shape index (κ2) is 29.8. The van der Waals surface area contributed by atoms with Crippen molar-refractivity contribution in [3.63, 3.8) is 0 Å². The van der Waals surface area contributed by atoms with Gasteiger partial charge in [0, 0.05) is 44.8 Å². The number of rotatable bonds is 35. The van der Waals surface area contributed by atoms with Gasteiger partial charge in [0.25, 0.3) is 0 Å². The zero-order chi connectivity index (χ0) is 38.4. The van der Waals surface area contributed by atoms with Crippen LogP contribution in [0.5, 0.6) is 5.75 Å². The summed E-state index contributed by atoms with van der Waals surface area (Å²) in [7, 11) is 0. The molecule has 0 aliphatic heterocycles. The summed E-state index contributed by atoms with van der Waals surface area (Å²) in [6.45, 7) is 6.28. The van der Waals surface area contributed by atoms with Gasteiger partial charge in [-0.25, -0.2) is 4.79 Å². The summed E-state index contributed by atoms with van der Waals surface area (Å²) in [5.74, 6) is -2.83.